The van der Waals surface area contributed by atoms with E-state index in [0.717, 1.165) is 49.3 Å². The van der Waals surface area contributed by atoms with Crippen molar-refractivity contribution >= 4 is 59.6 Å². The molecule has 15 N–H and O–H groups in total. The number of nitrogens with zero attached hydrogens (tertiary/aromatic N) is 6. The topological polar surface area (TPSA) is 499 Å². The Labute approximate surface area is 553 Å². The van der Waals surface area contributed by atoms with Gasteiger partial charge in [-0.25, -0.2) is 0 Å². The molecule has 3 saturated heterocycles. The second-order valence-electron chi connectivity index (χ2n) is 22.8. The van der Waals surface area contributed by atoms with E-state index in [2.05, 4.69) is 58.2 Å². The molecule has 0 bridgehead atoms. The number of amides is 8. The van der Waals surface area contributed by atoms with Crippen molar-refractivity contribution in [2.75, 3.05) is 19.6 Å². The number of carbonyl (C=O) groups excluding carboxylic acids is 8. The van der Waals surface area contributed by atoms with Crippen LogP contribution >= 0.6 is 12.3 Å². The minimum Gasteiger partial charge on any atom is -0.691 e. The summed E-state index contributed by atoms with van der Waals surface area (Å²) in [6.07, 6.45) is -3.52. The molecule has 3 fully saturated rings. The maximum atomic E-state index is 14.7. The molecule has 35 heteroatoms. The average molecular weight is 1320 g/mol. The zero-order chi connectivity index (χ0) is 66.2. The normalized spacial score (nSPS) is 24.9. The summed E-state index contributed by atoms with van der Waals surface area (Å²) in [6.45, 7) is 3.55. The van der Waals surface area contributed by atoms with Crippen molar-refractivity contribution in [1.29, 1.82) is 0 Å². The van der Waals surface area contributed by atoms with Gasteiger partial charge in [0.2, 0.25) is 47.2 Å². The van der Waals surface area contributed by atoms with Crippen molar-refractivity contribution in [2.45, 2.75) is 177 Å². The third-order valence-electron chi connectivity index (χ3n) is 15.9. The molecule has 0 aliphatic carbocycles. The van der Waals surface area contributed by atoms with Gasteiger partial charge in [0.1, 0.15) is 48.5 Å². The van der Waals surface area contributed by atoms with Crippen LogP contribution in [-0.2, 0) is 49.5 Å². The number of carbonyl (C=O) groups is 8. The van der Waals surface area contributed by atoms with E-state index < -0.39 is 183 Å². The van der Waals surface area contributed by atoms with Crippen LogP contribution in [0.2, 0.25) is 0 Å². The summed E-state index contributed by atoms with van der Waals surface area (Å²) in [6, 6.07) is -3.79. The van der Waals surface area contributed by atoms with Crippen molar-refractivity contribution in [3.8, 4) is 34.4 Å². The number of β-amino-alcohol motifs (C(OH)–C–C–N with tert-alkyl or cyclic N) is 1. The number of benzene rings is 2. The number of aliphatic hydroxyl groups excluding tert-OH is 7. The summed E-state index contributed by atoms with van der Waals surface area (Å²) in [4.78, 5) is 115. The van der Waals surface area contributed by atoms with Crippen molar-refractivity contribution < 1.29 is 132 Å². The second kappa shape index (κ2) is 34.8. The monoisotopic (exact) mass is 1320 g/mol. The fraction of sp³-hybridized carbons (Fsp3) is 0.561. The number of unbranched alkanes of at least 4 members (excludes halogenated alkanes) is 7. The van der Waals surface area contributed by atoms with Crippen molar-refractivity contribution in [3.05, 3.63) is 66.0 Å². The second-order valence-corrected chi connectivity index (χ2v) is 23.2. The molecule has 14 unspecified atom stereocenters. The number of hydrogen-bond donors (Lipinski definition) is 14. The molecule has 0 saturated carbocycles. The minimum atomic E-state index is -2.54. The average Bonchev–Trinajstić information content (AvgIpc) is 1.66. The van der Waals surface area contributed by atoms with Crippen molar-refractivity contribution in [1.82, 2.24) is 56.4 Å². The standard InChI is InChI=1S/C57H78N12O21S.Na/c1-4-5-6-7-8-9-10-11-18-67-26-33(23-60-67)55-66-65-54(87-55)31-14-12-30(13-15-31)49(79)61-36-20-34(71)24-59-53(83)45-46(76)28(2)25-69(45)57(85)43(39(74)22-41(58)75)63-52(82)44(48(78)47(77)32-16-17-38(73)40(19-32)88-91-90-89-86)64-51(81)37-21-35(72)27-68(37)56(84)42(29(3)70)62-50(36)80;/h12-17,19,23,26,28-29,34-37,39,42-48,70-74,76-78,86H,4-11,18,20-22,24-25,27H2,1-3H3,(H2,58,75)(H,59,83)(H,61,79)(H,62,80)(H,63,82)(H,64,81);/q;+1/p-1. The molecule has 498 valence electrons. The van der Waals surface area contributed by atoms with E-state index in [1.165, 1.54) is 63.3 Å². The summed E-state index contributed by atoms with van der Waals surface area (Å²) in [5, 5.41) is 128. The van der Waals surface area contributed by atoms with Gasteiger partial charge in [0, 0.05) is 62.3 Å². The number of fused-ring (bicyclic) bond motifs is 2. The maximum absolute atomic E-state index is 14.7. The molecule has 8 amide bonds. The number of aromatic nitrogens is 4. The Morgan fingerprint density at radius 3 is 2.11 bits per heavy atom. The predicted molar refractivity (Wildman–Crippen MR) is 312 cm³/mol. The molecule has 92 heavy (non-hydrogen) atoms. The number of hydrogen-bond acceptors (Lipinski definition) is 25. The quantitative estimate of drug-likeness (QED) is 0.0102. The van der Waals surface area contributed by atoms with E-state index in [4.69, 9.17) is 14.3 Å². The SMILES string of the molecule is CCCCCCCCCCn1cc(-c2nnc(-c3ccc(C(=O)NC4CC(O)CNC(=O)C5C(O)C(C)CN5C(=O)C(C(O)CC(N)=O)NC(=O)C(C(O)C(O)c5ccc(O)c(OSOO[O-])c5)NC(=O)C5CC(O)CN5C(=O)C(C(C)O)NC4=O)cc3)o2)cn1.[Na+]. The summed E-state index contributed by atoms with van der Waals surface area (Å²) < 4.78 is 16.8. The summed E-state index contributed by atoms with van der Waals surface area (Å²) >= 11 is -0.0872. The molecule has 2 aromatic heterocycles. The number of primary amides is 1. The number of phenolic OH excluding ortho intramolecular Hbond substituents is 1. The zero-order valence-corrected chi connectivity index (χ0v) is 53.8. The van der Waals surface area contributed by atoms with Crippen molar-refractivity contribution in [2.24, 2.45) is 11.7 Å². The molecule has 0 spiro atoms. The van der Waals surface area contributed by atoms with Gasteiger partial charge in [-0.05, 0) is 55.3 Å². The Morgan fingerprint density at radius 2 is 1.45 bits per heavy atom. The molecule has 33 nitrogen and oxygen atoms in total. The Hall–Kier alpha value is -6.90. The minimum absolute atomic E-state index is 0. The van der Waals surface area contributed by atoms with Gasteiger partial charge in [-0.3, -0.25) is 48.1 Å². The van der Waals surface area contributed by atoms with Crippen LogP contribution in [-0.4, -0.2) is 210 Å². The summed E-state index contributed by atoms with van der Waals surface area (Å²) in [5.74, 6) is -11.8. The maximum Gasteiger partial charge on any atom is 1.00 e. The molecule has 14 atom stereocenters. The Bertz CT molecular complexity index is 3160. The van der Waals surface area contributed by atoms with E-state index in [9.17, 15) is 84.5 Å². The molecular weight excluding hydrogens is 1240 g/mol. The molecule has 2 aromatic carbocycles. The number of aromatic hydroxyl groups is 1. The number of aryl methyl sites for hydroxylation is 1. The largest absolute Gasteiger partial charge is 1.00 e. The van der Waals surface area contributed by atoms with Gasteiger partial charge < -0.3 is 96.8 Å². The van der Waals surface area contributed by atoms with Gasteiger partial charge in [0.15, 0.2) is 11.5 Å². The van der Waals surface area contributed by atoms with Crippen LogP contribution in [0.25, 0.3) is 22.9 Å². The van der Waals surface area contributed by atoms with Gasteiger partial charge in [-0.1, -0.05) is 64.9 Å². The smallest absolute Gasteiger partial charge is 0.691 e. The number of phenols is 1. The first kappa shape index (κ1) is 74.1. The molecule has 4 aromatic rings. The van der Waals surface area contributed by atoms with Gasteiger partial charge in [-0.2, -0.15) is 5.10 Å². The Morgan fingerprint density at radius 1 is 0.804 bits per heavy atom. The van der Waals surface area contributed by atoms with Crippen LogP contribution in [0.5, 0.6) is 11.5 Å². The van der Waals surface area contributed by atoms with Crippen LogP contribution in [0.1, 0.15) is 113 Å². The third-order valence-corrected chi connectivity index (χ3v) is 16.2. The number of aliphatic hydroxyl groups is 7. The van der Waals surface area contributed by atoms with E-state index in [-0.39, 0.29) is 64.8 Å². The van der Waals surface area contributed by atoms with Gasteiger partial charge in [0.25, 0.3) is 24.1 Å². The molecule has 5 heterocycles. The first-order chi connectivity index (χ1) is 43.4. The third kappa shape index (κ3) is 19.4. The van der Waals surface area contributed by atoms with Gasteiger partial charge >= 0.3 is 29.6 Å². The van der Waals surface area contributed by atoms with Crippen LogP contribution in [0.3, 0.4) is 0 Å². The molecule has 3 aliphatic heterocycles. The van der Waals surface area contributed by atoms with Crippen LogP contribution in [0, 0.1) is 5.92 Å². The van der Waals surface area contributed by atoms with E-state index in [1.54, 1.807) is 17.1 Å². The molecule has 3 aliphatic rings. The van der Waals surface area contributed by atoms with Gasteiger partial charge in [-0.15, -0.1) is 14.5 Å². The van der Waals surface area contributed by atoms with Crippen molar-refractivity contribution in [3.63, 3.8) is 0 Å². The summed E-state index contributed by atoms with van der Waals surface area (Å²) in [7, 11) is 0. The first-order valence-electron chi connectivity index (χ1n) is 29.7. The van der Waals surface area contributed by atoms with Gasteiger partial charge in [0.05, 0.1) is 48.7 Å². The predicted octanol–water partition coefficient (Wildman–Crippen LogP) is -6.07. The Kier molecular flexibility index (Phi) is 28.1. The van der Waals surface area contributed by atoms with E-state index in [1.807, 2.05) is 0 Å². The van der Waals surface area contributed by atoms with Crippen LogP contribution in [0.15, 0.2) is 59.3 Å². The Balaban J connectivity index is 0.0000134. The van der Waals surface area contributed by atoms with E-state index in [0.29, 0.717) is 22.6 Å². The number of nitrogens with one attached hydrogen (secondary N) is 5. The fourth-order valence-corrected chi connectivity index (χ4v) is 11.2. The van der Waals surface area contributed by atoms with Crippen LogP contribution in [0.4, 0.5) is 0 Å². The fourth-order valence-electron chi connectivity index (χ4n) is 10.9. The first-order valence-corrected chi connectivity index (χ1v) is 30.3. The van der Waals surface area contributed by atoms with Crippen LogP contribution < -0.4 is 71.3 Å². The zero-order valence-electron chi connectivity index (χ0n) is 50.9. The molecule has 7 rings (SSSR count). The van der Waals surface area contributed by atoms with E-state index >= 15 is 0 Å². The molecule has 0 radical (unpaired) electrons. The number of nitrogens with two attached hydrogens (primary N) is 1. The summed E-state index contributed by atoms with van der Waals surface area (Å²) in [5.41, 5.74) is 5.94. The number of rotatable bonds is 24. The molecular formula is C57H77N12NaO21S.